The number of halogens is 3. The summed E-state index contributed by atoms with van der Waals surface area (Å²) in [6.45, 7) is 3.97. The van der Waals surface area contributed by atoms with Crippen molar-refractivity contribution in [2.24, 2.45) is 0 Å². The number of anilines is 1. The summed E-state index contributed by atoms with van der Waals surface area (Å²) in [6, 6.07) is 11.9. The fourth-order valence-corrected chi connectivity index (χ4v) is 3.25. The van der Waals surface area contributed by atoms with Crippen LogP contribution in [0.2, 0.25) is 0 Å². The van der Waals surface area contributed by atoms with Crippen molar-refractivity contribution in [1.29, 1.82) is 0 Å². The first-order valence-corrected chi connectivity index (χ1v) is 10.5. The molecule has 0 fully saturated rings. The number of amides is 1. The number of ether oxygens (including phenoxy) is 2. The highest BCUT2D eigenvalue weighted by atomic mass is 19.4. The van der Waals surface area contributed by atoms with Gasteiger partial charge in [-0.1, -0.05) is 23.8 Å². The van der Waals surface area contributed by atoms with Gasteiger partial charge >= 0.3 is 6.18 Å². The topological polar surface area (TPSA) is 83.2 Å². The minimum atomic E-state index is -4.46. The molecule has 1 amide bonds. The molecule has 0 spiro atoms. The number of aryl methyl sites for hydroxylation is 2. The molecule has 0 aliphatic rings. The van der Waals surface area contributed by atoms with Crippen LogP contribution >= 0.6 is 0 Å². The lowest BCUT2D eigenvalue weighted by atomic mass is 10.1. The highest BCUT2D eigenvalue weighted by molar-refractivity contribution is 6.02. The Morgan fingerprint density at radius 1 is 1.03 bits per heavy atom. The quantitative estimate of drug-likeness (QED) is 0.378. The van der Waals surface area contributed by atoms with Crippen LogP contribution in [0.15, 0.2) is 67.1 Å². The molecule has 4 rings (SSSR count). The highest BCUT2D eigenvalue weighted by Gasteiger charge is 2.30. The van der Waals surface area contributed by atoms with Crippen molar-refractivity contribution in [2.45, 2.75) is 33.5 Å². The first kappa shape index (κ1) is 23.9. The molecule has 0 unspecified atom stereocenters. The third kappa shape index (κ3) is 6.19. The van der Waals surface area contributed by atoms with Crippen LogP contribution in [-0.2, 0) is 19.6 Å². The lowest BCUT2D eigenvalue weighted by Crippen LogP contribution is -2.14. The fourth-order valence-electron chi connectivity index (χ4n) is 3.25. The minimum Gasteiger partial charge on any atom is -0.471 e. The van der Waals surface area contributed by atoms with Gasteiger partial charge < -0.3 is 14.8 Å². The Labute approximate surface area is 198 Å². The van der Waals surface area contributed by atoms with Crippen molar-refractivity contribution < 1.29 is 27.4 Å². The van der Waals surface area contributed by atoms with Crippen LogP contribution in [0.3, 0.4) is 0 Å². The Kier molecular flexibility index (Phi) is 6.76. The lowest BCUT2D eigenvalue weighted by Gasteiger charge is -2.10. The number of nitrogens with one attached hydrogen (secondary N) is 1. The molecule has 1 N–H and O–H groups in total. The maximum atomic E-state index is 12.8. The summed E-state index contributed by atoms with van der Waals surface area (Å²) in [5.41, 5.74) is 1.91. The molecule has 11 heteroatoms. The third-order valence-corrected chi connectivity index (χ3v) is 4.97. The van der Waals surface area contributed by atoms with E-state index in [1.54, 1.807) is 6.20 Å². The van der Waals surface area contributed by atoms with E-state index >= 15 is 0 Å². The van der Waals surface area contributed by atoms with E-state index in [1.165, 1.54) is 40.0 Å². The molecular formula is C24H22F3N5O3. The second kappa shape index (κ2) is 9.92. The number of nitrogens with zero attached hydrogens (tertiary/aromatic N) is 4. The van der Waals surface area contributed by atoms with Crippen LogP contribution in [0.5, 0.6) is 11.5 Å². The molecule has 2 aromatic heterocycles. The summed E-state index contributed by atoms with van der Waals surface area (Å²) in [5, 5.41) is 11.0. The molecule has 0 radical (unpaired) electrons. The molecule has 35 heavy (non-hydrogen) atoms. The van der Waals surface area contributed by atoms with Crippen molar-refractivity contribution in [3.63, 3.8) is 0 Å². The van der Waals surface area contributed by atoms with Gasteiger partial charge in [0.15, 0.2) is 19.2 Å². The van der Waals surface area contributed by atoms with Crippen molar-refractivity contribution >= 4 is 11.6 Å². The molecule has 8 nitrogen and oxygen atoms in total. The molecule has 2 heterocycles. The van der Waals surface area contributed by atoms with Gasteiger partial charge in [0.05, 0.1) is 23.6 Å². The normalized spacial score (nSPS) is 11.3. The Bertz CT molecular complexity index is 1330. The molecule has 0 saturated carbocycles. The molecular weight excluding hydrogens is 463 g/mol. The second-order valence-electron chi connectivity index (χ2n) is 7.80. The standard InChI is InChI=1S/C24H22F3N5O3/c1-16-6-7-22(17(2)10-16)35-15-32-13-19(12-28-32)29-23(33)21-8-9-31(30-21)14-34-20-5-3-4-18(11-20)24(25,26)27/h3-13H,14-15H2,1-2H3,(H,29,33). The van der Waals surface area contributed by atoms with E-state index in [0.29, 0.717) is 5.69 Å². The van der Waals surface area contributed by atoms with E-state index in [-0.39, 0.29) is 24.9 Å². The van der Waals surface area contributed by atoms with Crippen molar-refractivity contribution in [3.05, 3.63) is 89.5 Å². The van der Waals surface area contributed by atoms with Crippen molar-refractivity contribution in [3.8, 4) is 11.5 Å². The Morgan fingerprint density at radius 2 is 1.83 bits per heavy atom. The summed E-state index contributed by atoms with van der Waals surface area (Å²) in [5.74, 6) is 0.309. The van der Waals surface area contributed by atoms with Crippen LogP contribution in [0, 0.1) is 13.8 Å². The zero-order valence-electron chi connectivity index (χ0n) is 18.9. The van der Waals surface area contributed by atoms with E-state index in [2.05, 4.69) is 15.5 Å². The molecule has 0 aliphatic heterocycles. The van der Waals surface area contributed by atoms with Crippen molar-refractivity contribution in [2.75, 3.05) is 5.32 Å². The second-order valence-corrected chi connectivity index (χ2v) is 7.80. The van der Waals surface area contributed by atoms with E-state index < -0.39 is 17.6 Å². The monoisotopic (exact) mass is 485 g/mol. The Balaban J connectivity index is 1.30. The molecule has 182 valence electrons. The van der Waals surface area contributed by atoms with E-state index in [4.69, 9.17) is 9.47 Å². The number of hydrogen-bond acceptors (Lipinski definition) is 5. The van der Waals surface area contributed by atoms with E-state index in [9.17, 15) is 18.0 Å². The van der Waals surface area contributed by atoms with Gasteiger partial charge in [0.1, 0.15) is 11.5 Å². The van der Waals surface area contributed by atoms with E-state index in [1.807, 2.05) is 32.0 Å². The average molecular weight is 485 g/mol. The Hall–Kier alpha value is -4.28. The summed E-state index contributed by atoms with van der Waals surface area (Å²) in [4.78, 5) is 12.5. The number of hydrogen-bond donors (Lipinski definition) is 1. The number of carbonyl (C=O) groups is 1. The van der Waals surface area contributed by atoms with Gasteiger partial charge in [0.2, 0.25) is 0 Å². The molecule has 0 atom stereocenters. The smallest absolute Gasteiger partial charge is 0.416 e. The maximum absolute atomic E-state index is 12.8. The van der Waals surface area contributed by atoms with Gasteiger partial charge in [-0.2, -0.15) is 23.4 Å². The molecule has 0 saturated heterocycles. The molecule has 0 bridgehead atoms. The predicted molar refractivity (Wildman–Crippen MR) is 121 cm³/mol. The maximum Gasteiger partial charge on any atom is 0.416 e. The van der Waals surface area contributed by atoms with Gasteiger partial charge in [-0.15, -0.1) is 0 Å². The Morgan fingerprint density at radius 3 is 2.60 bits per heavy atom. The summed E-state index contributed by atoms with van der Waals surface area (Å²) in [7, 11) is 0. The number of benzene rings is 2. The molecule has 2 aromatic carbocycles. The first-order valence-electron chi connectivity index (χ1n) is 10.5. The van der Waals surface area contributed by atoms with Crippen LogP contribution < -0.4 is 14.8 Å². The number of aromatic nitrogens is 4. The zero-order chi connectivity index (χ0) is 25.0. The molecule has 0 aliphatic carbocycles. The van der Waals surface area contributed by atoms with E-state index in [0.717, 1.165) is 29.0 Å². The zero-order valence-corrected chi connectivity index (χ0v) is 18.9. The fraction of sp³-hybridized carbons (Fsp3) is 0.208. The van der Waals surface area contributed by atoms with Gasteiger partial charge in [-0.25, -0.2) is 9.36 Å². The number of rotatable bonds is 8. The number of carbonyl (C=O) groups excluding carboxylic acids is 1. The van der Waals surface area contributed by atoms with Crippen molar-refractivity contribution in [1.82, 2.24) is 19.6 Å². The van der Waals surface area contributed by atoms with Gasteiger partial charge in [-0.05, 0) is 49.7 Å². The number of alkyl halides is 3. The highest BCUT2D eigenvalue weighted by Crippen LogP contribution is 2.31. The average Bonchev–Trinajstić information content (AvgIpc) is 3.46. The van der Waals surface area contributed by atoms with Crippen LogP contribution in [-0.4, -0.2) is 25.5 Å². The molecule has 4 aromatic rings. The van der Waals surface area contributed by atoms with Gasteiger partial charge in [0, 0.05) is 6.20 Å². The SMILES string of the molecule is Cc1ccc(OCn2cc(NC(=O)c3ccn(COc4cccc(C(F)(F)F)c4)n3)cn2)c(C)c1. The van der Waals surface area contributed by atoms with Crippen LogP contribution in [0.25, 0.3) is 0 Å². The predicted octanol–water partition coefficient (Wildman–Crippen LogP) is 5.04. The summed E-state index contributed by atoms with van der Waals surface area (Å²) >= 11 is 0. The van der Waals surface area contributed by atoms with Gasteiger partial charge in [0.25, 0.3) is 5.91 Å². The third-order valence-electron chi connectivity index (χ3n) is 4.97. The summed E-state index contributed by atoms with van der Waals surface area (Å²) in [6.07, 6.45) is 0.131. The minimum absolute atomic E-state index is 0.0387. The summed E-state index contributed by atoms with van der Waals surface area (Å²) < 4.78 is 52.4. The largest absolute Gasteiger partial charge is 0.471 e. The van der Waals surface area contributed by atoms with Crippen LogP contribution in [0.4, 0.5) is 18.9 Å². The first-order chi connectivity index (χ1) is 16.7. The van der Waals surface area contributed by atoms with Gasteiger partial charge in [-0.3, -0.25) is 4.79 Å². The van der Waals surface area contributed by atoms with Crippen LogP contribution in [0.1, 0.15) is 27.2 Å². The lowest BCUT2D eigenvalue weighted by molar-refractivity contribution is -0.137.